The van der Waals surface area contributed by atoms with Gasteiger partial charge in [-0.25, -0.2) is 13.6 Å². The molecule has 2 aromatic rings. The molecule has 4 N–H and O–H groups in total. The number of primary sulfonamides is 1. The zero-order valence-corrected chi connectivity index (χ0v) is 16.0. The molecule has 7 nitrogen and oxygen atoms in total. The van der Waals surface area contributed by atoms with Crippen LogP contribution in [-0.2, 0) is 21.0 Å². The summed E-state index contributed by atoms with van der Waals surface area (Å²) >= 11 is 0. The van der Waals surface area contributed by atoms with Crippen LogP contribution < -0.4 is 15.8 Å². The van der Waals surface area contributed by atoms with E-state index in [9.17, 15) is 31.2 Å². The van der Waals surface area contributed by atoms with E-state index in [1.165, 1.54) is 24.3 Å². The zero-order valence-electron chi connectivity index (χ0n) is 15.2. The molecular formula is C18H18F3N3O4S. The number of sulfonamides is 1. The predicted octanol–water partition coefficient (Wildman–Crippen LogP) is 1.96. The first-order chi connectivity index (χ1) is 13.4. The number of amides is 2. The summed E-state index contributed by atoms with van der Waals surface area (Å²) in [6.07, 6.45) is -4.50. The van der Waals surface area contributed by atoms with Gasteiger partial charge < -0.3 is 10.6 Å². The van der Waals surface area contributed by atoms with E-state index < -0.39 is 39.6 Å². The molecule has 2 rings (SSSR count). The smallest absolute Gasteiger partial charge is 0.348 e. The second kappa shape index (κ2) is 8.62. The van der Waals surface area contributed by atoms with Crippen LogP contribution in [0.25, 0.3) is 0 Å². The summed E-state index contributed by atoms with van der Waals surface area (Å²) in [7, 11) is -3.82. The van der Waals surface area contributed by atoms with Crippen LogP contribution in [0.1, 0.15) is 34.5 Å². The molecule has 0 saturated heterocycles. The predicted molar refractivity (Wildman–Crippen MR) is 98.2 cm³/mol. The van der Waals surface area contributed by atoms with E-state index in [2.05, 4.69) is 10.6 Å². The van der Waals surface area contributed by atoms with Crippen molar-refractivity contribution in [2.75, 3.05) is 6.54 Å². The minimum atomic E-state index is -4.50. The third-order valence-electron chi connectivity index (χ3n) is 3.97. The Hall–Kier alpha value is -2.92. The van der Waals surface area contributed by atoms with Crippen molar-refractivity contribution in [2.24, 2.45) is 5.14 Å². The average molecular weight is 429 g/mol. The molecule has 0 fully saturated rings. The maximum absolute atomic E-state index is 12.5. The van der Waals surface area contributed by atoms with Gasteiger partial charge in [-0.05, 0) is 48.9 Å². The summed E-state index contributed by atoms with van der Waals surface area (Å²) in [6, 6.07) is 8.71. The quantitative estimate of drug-likeness (QED) is 0.650. The SMILES string of the molecule is CC(NC(=O)CNC(=O)c1ccc(C(F)(F)F)cc1)c1ccc(S(N)(=O)=O)cc1. The van der Waals surface area contributed by atoms with Gasteiger partial charge in [-0.2, -0.15) is 13.2 Å². The first kappa shape index (κ1) is 22.4. The fraction of sp³-hybridized carbons (Fsp3) is 0.222. The monoisotopic (exact) mass is 429 g/mol. The molecule has 2 amide bonds. The maximum atomic E-state index is 12.5. The number of nitrogens with two attached hydrogens (primary N) is 1. The minimum Gasteiger partial charge on any atom is -0.348 e. The van der Waals surface area contributed by atoms with Gasteiger partial charge in [0.1, 0.15) is 0 Å². The average Bonchev–Trinajstić information content (AvgIpc) is 2.65. The summed E-state index contributed by atoms with van der Waals surface area (Å²) in [4.78, 5) is 23.9. The molecule has 0 heterocycles. The third-order valence-corrected chi connectivity index (χ3v) is 4.90. The van der Waals surface area contributed by atoms with Crippen molar-refractivity contribution >= 4 is 21.8 Å². The zero-order chi connectivity index (χ0) is 21.8. The van der Waals surface area contributed by atoms with Crippen molar-refractivity contribution in [2.45, 2.75) is 24.0 Å². The van der Waals surface area contributed by atoms with E-state index in [1.54, 1.807) is 6.92 Å². The second-order valence-corrected chi connectivity index (χ2v) is 7.72. The summed E-state index contributed by atoms with van der Waals surface area (Å²) in [5, 5.41) is 9.94. The lowest BCUT2D eigenvalue weighted by Gasteiger charge is -2.15. The number of alkyl halides is 3. The van der Waals surface area contributed by atoms with Crippen molar-refractivity contribution in [3.8, 4) is 0 Å². The van der Waals surface area contributed by atoms with Gasteiger partial charge in [0.25, 0.3) is 5.91 Å². The van der Waals surface area contributed by atoms with Crippen LogP contribution in [0.2, 0.25) is 0 Å². The molecular weight excluding hydrogens is 411 g/mol. The van der Waals surface area contributed by atoms with Crippen LogP contribution in [0.15, 0.2) is 53.4 Å². The molecule has 29 heavy (non-hydrogen) atoms. The summed E-state index contributed by atoms with van der Waals surface area (Å²) < 4.78 is 60.1. The van der Waals surface area contributed by atoms with E-state index in [4.69, 9.17) is 5.14 Å². The molecule has 0 spiro atoms. The minimum absolute atomic E-state index is 0.0163. The van der Waals surface area contributed by atoms with E-state index in [0.29, 0.717) is 5.56 Å². The van der Waals surface area contributed by atoms with Gasteiger partial charge in [-0.3, -0.25) is 9.59 Å². The molecule has 0 radical (unpaired) electrons. The number of carbonyl (C=O) groups is 2. The molecule has 0 saturated carbocycles. The number of rotatable bonds is 6. The van der Waals surface area contributed by atoms with Crippen molar-refractivity contribution in [1.82, 2.24) is 10.6 Å². The molecule has 11 heteroatoms. The largest absolute Gasteiger partial charge is 0.416 e. The van der Waals surface area contributed by atoms with E-state index >= 15 is 0 Å². The number of carbonyl (C=O) groups excluding carboxylic acids is 2. The Labute approximate surface area is 165 Å². The van der Waals surface area contributed by atoms with E-state index in [-0.39, 0.29) is 17.0 Å². The van der Waals surface area contributed by atoms with Gasteiger partial charge in [0.15, 0.2) is 0 Å². The van der Waals surface area contributed by atoms with Crippen molar-refractivity contribution in [1.29, 1.82) is 0 Å². The molecule has 0 bridgehead atoms. The first-order valence-electron chi connectivity index (χ1n) is 8.25. The number of hydrogen-bond donors (Lipinski definition) is 3. The molecule has 0 aliphatic heterocycles. The van der Waals surface area contributed by atoms with Gasteiger partial charge >= 0.3 is 6.18 Å². The lowest BCUT2D eigenvalue weighted by atomic mass is 10.1. The topological polar surface area (TPSA) is 118 Å². The highest BCUT2D eigenvalue weighted by Gasteiger charge is 2.30. The lowest BCUT2D eigenvalue weighted by molar-refractivity contribution is -0.137. The molecule has 0 aromatic heterocycles. The van der Waals surface area contributed by atoms with Crippen molar-refractivity contribution in [3.05, 3.63) is 65.2 Å². The van der Waals surface area contributed by atoms with Crippen molar-refractivity contribution < 1.29 is 31.2 Å². The Bertz CT molecular complexity index is 989. The number of benzene rings is 2. The lowest BCUT2D eigenvalue weighted by Crippen LogP contribution is -2.38. The van der Waals surface area contributed by atoms with Gasteiger partial charge in [0.05, 0.1) is 23.0 Å². The van der Waals surface area contributed by atoms with E-state index in [1.807, 2.05) is 0 Å². The molecule has 1 unspecified atom stereocenters. The van der Waals surface area contributed by atoms with Crippen molar-refractivity contribution in [3.63, 3.8) is 0 Å². The molecule has 1 atom stereocenters. The highest BCUT2D eigenvalue weighted by molar-refractivity contribution is 7.89. The summed E-state index contributed by atoms with van der Waals surface area (Å²) in [5.74, 6) is -1.23. The number of hydrogen-bond acceptors (Lipinski definition) is 4. The molecule has 0 aliphatic carbocycles. The van der Waals surface area contributed by atoms with Crippen LogP contribution >= 0.6 is 0 Å². The normalized spacial score (nSPS) is 12.9. The standard InChI is InChI=1S/C18H18F3N3O4S/c1-11(12-4-8-15(9-5-12)29(22,27)28)24-16(25)10-23-17(26)13-2-6-14(7-3-13)18(19,20)21/h2-9,11H,10H2,1H3,(H,23,26)(H,24,25)(H2,22,27,28). The van der Waals surface area contributed by atoms with Crippen LogP contribution in [-0.4, -0.2) is 26.8 Å². The Kier molecular flexibility index (Phi) is 6.65. The molecule has 156 valence electrons. The molecule has 2 aromatic carbocycles. The molecule has 0 aliphatic rings. The van der Waals surface area contributed by atoms with Gasteiger partial charge in [0, 0.05) is 5.56 Å². The number of halogens is 3. The fourth-order valence-corrected chi connectivity index (χ4v) is 2.91. The first-order valence-corrected chi connectivity index (χ1v) is 9.80. The maximum Gasteiger partial charge on any atom is 0.416 e. The Morgan fingerprint density at radius 2 is 1.59 bits per heavy atom. The Morgan fingerprint density at radius 3 is 2.07 bits per heavy atom. The number of nitrogens with one attached hydrogen (secondary N) is 2. The summed E-state index contributed by atoms with van der Waals surface area (Å²) in [6.45, 7) is 1.26. The van der Waals surface area contributed by atoms with Crippen LogP contribution in [0.4, 0.5) is 13.2 Å². The van der Waals surface area contributed by atoms with Gasteiger partial charge in [-0.15, -0.1) is 0 Å². The van der Waals surface area contributed by atoms with E-state index in [0.717, 1.165) is 24.3 Å². The highest BCUT2D eigenvalue weighted by Crippen LogP contribution is 2.29. The Balaban J connectivity index is 1.89. The second-order valence-electron chi connectivity index (χ2n) is 6.16. The van der Waals surface area contributed by atoms with Gasteiger partial charge in [-0.1, -0.05) is 12.1 Å². The fourth-order valence-electron chi connectivity index (χ4n) is 2.40. The third kappa shape index (κ3) is 6.29. The van der Waals surface area contributed by atoms with Crippen LogP contribution in [0.3, 0.4) is 0 Å². The Morgan fingerprint density at radius 1 is 1.03 bits per heavy atom. The van der Waals surface area contributed by atoms with Crippen LogP contribution in [0.5, 0.6) is 0 Å². The van der Waals surface area contributed by atoms with Crippen LogP contribution in [0, 0.1) is 0 Å². The summed E-state index contributed by atoms with van der Waals surface area (Å²) in [5.41, 5.74) is -0.286. The van der Waals surface area contributed by atoms with Gasteiger partial charge in [0.2, 0.25) is 15.9 Å². The highest BCUT2D eigenvalue weighted by atomic mass is 32.2.